The summed E-state index contributed by atoms with van der Waals surface area (Å²) in [6.45, 7) is 0.172. The zero-order valence-corrected chi connectivity index (χ0v) is 12.3. The molecule has 108 valence electrons. The highest BCUT2D eigenvalue weighted by Gasteiger charge is 2.24. The summed E-state index contributed by atoms with van der Waals surface area (Å²) in [5.74, 6) is -1.30. The monoisotopic (exact) mass is 296 g/mol. The molecule has 0 aliphatic heterocycles. The summed E-state index contributed by atoms with van der Waals surface area (Å²) in [5.41, 5.74) is 0.0397. The lowest BCUT2D eigenvalue weighted by Gasteiger charge is -2.31. The van der Waals surface area contributed by atoms with Gasteiger partial charge in [0, 0.05) is 23.4 Å². The standard InChI is InChI=1S/C15H18F2N2S/c1-20-15-5-3-2-4-14(15)19-9-11-12(16)6-10(8-18)7-13(11)17/h6-7,14-15,19H,2-5,9H2,1H3. The zero-order valence-electron chi connectivity index (χ0n) is 11.5. The minimum absolute atomic E-state index is 0.0170. The number of nitrogens with zero attached hydrogens (tertiary/aromatic N) is 1. The average molecular weight is 296 g/mol. The van der Waals surface area contributed by atoms with Gasteiger partial charge in [0.05, 0.1) is 11.6 Å². The molecule has 0 radical (unpaired) electrons. The highest BCUT2D eigenvalue weighted by Crippen LogP contribution is 2.27. The van der Waals surface area contributed by atoms with Crippen molar-refractivity contribution in [1.29, 1.82) is 5.26 Å². The molecule has 0 spiro atoms. The van der Waals surface area contributed by atoms with E-state index in [1.807, 2.05) is 11.8 Å². The Labute approximate surface area is 122 Å². The lowest BCUT2D eigenvalue weighted by molar-refractivity contribution is 0.377. The van der Waals surface area contributed by atoms with Gasteiger partial charge in [-0.2, -0.15) is 17.0 Å². The van der Waals surface area contributed by atoms with Gasteiger partial charge in [-0.1, -0.05) is 12.8 Å². The fourth-order valence-corrected chi connectivity index (χ4v) is 3.65. The summed E-state index contributed by atoms with van der Waals surface area (Å²) in [6, 6.07) is 4.23. The van der Waals surface area contributed by atoms with E-state index in [2.05, 4.69) is 11.6 Å². The van der Waals surface area contributed by atoms with Gasteiger partial charge < -0.3 is 5.32 Å². The predicted octanol–water partition coefficient (Wildman–Crippen LogP) is 3.60. The SMILES string of the molecule is CSC1CCCCC1NCc1c(F)cc(C#N)cc1F. The van der Waals surface area contributed by atoms with Crippen LogP contribution in [0.2, 0.25) is 0 Å². The van der Waals surface area contributed by atoms with Crippen molar-refractivity contribution in [2.75, 3.05) is 6.26 Å². The quantitative estimate of drug-likeness (QED) is 0.922. The van der Waals surface area contributed by atoms with Gasteiger partial charge in [0.15, 0.2) is 0 Å². The molecule has 1 aliphatic carbocycles. The maximum absolute atomic E-state index is 13.8. The van der Waals surface area contributed by atoms with Crippen LogP contribution >= 0.6 is 11.8 Å². The van der Waals surface area contributed by atoms with Crippen molar-refractivity contribution in [2.24, 2.45) is 0 Å². The van der Waals surface area contributed by atoms with E-state index in [0.29, 0.717) is 11.3 Å². The highest BCUT2D eigenvalue weighted by molar-refractivity contribution is 7.99. The molecule has 2 nitrogen and oxygen atoms in total. The molecule has 0 bridgehead atoms. The maximum atomic E-state index is 13.8. The van der Waals surface area contributed by atoms with Crippen LogP contribution in [0.1, 0.15) is 36.8 Å². The number of thioether (sulfide) groups is 1. The molecule has 0 heterocycles. The summed E-state index contributed by atoms with van der Waals surface area (Å²) in [7, 11) is 0. The molecule has 1 saturated carbocycles. The Morgan fingerprint density at radius 3 is 2.55 bits per heavy atom. The van der Waals surface area contributed by atoms with Crippen LogP contribution in [0.3, 0.4) is 0 Å². The number of hydrogen-bond donors (Lipinski definition) is 1. The van der Waals surface area contributed by atoms with Gasteiger partial charge in [0.25, 0.3) is 0 Å². The highest BCUT2D eigenvalue weighted by atomic mass is 32.2. The van der Waals surface area contributed by atoms with E-state index in [1.54, 1.807) is 6.07 Å². The van der Waals surface area contributed by atoms with Crippen LogP contribution in [0.4, 0.5) is 8.78 Å². The Hall–Kier alpha value is -1.12. The third-order valence-electron chi connectivity index (χ3n) is 3.82. The first-order chi connectivity index (χ1) is 9.65. The Morgan fingerprint density at radius 1 is 1.30 bits per heavy atom. The smallest absolute Gasteiger partial charge is 0.131 e. The van der Waals surface area contributed by atoms with E-state index in [4.69, 9.17) is 5.26 Å². The van der Waals surface area contributed by atoms with Crippen molar-refractivity contribution in [3.8, 4) is 6.07 Å². The van der Waals surface area contributed by atoms with Crippen molar-refractivity contribution in [3.63, 3.8) is 0 Å². The van der Waals surface area contributed by atoms with Crippen molar-refractivity contribution < 1.29 is 8.78 Å². The number of halogens is 2. The largest absolute Gasteiger partial charge is 0.309 e. The van der Waals surface area contributed by atoms with Crippen LogP contribution in [0.15, 0.2) is 12.1 Å². The summed E-state index contributed by atoms with van der Waals surface area (Å²) in [4.78, 5) is 0. The van der Waals surface area contributed by atoms with Crippen LogP contribution in [-0.2, 0) is 6.54 Å². The van der Waals surface area contributed by atoms with Crippen molar-refractivity contribution in [2.45, 2.75) is 43.5 Å². The first-order valence-corrected chi connectivity index (χ1v) is 8.08. The minimum Gasteiger partial charge on any atom is -0.309 e. The molecule has 2 rings (SSSR count). The van der Waals surface area contributed by atoms with Gasteiger partial charge in [0.1, 0.15) is 11.6 Å². The van der Waals surface area contributed by atoms with Crippen molar-refractivity contribution in [3.05, 3.63) is 34.9 Å². The van der Waals surface area contributed by atoms with E-state index in [-0.39, 0.29) is 17.7 Å². The number of benzene rings is 1. The van der Waals surface area contributed by atoms with Gasteiger partial charge in [-0.3, -0.25) is 0 Å². The normalized spacial score (nSPS) is 22.5. The van der Waals surface area contributed by atoms with Crippen LogP contribution in [0.5, 0.6) is 0 Å². The molecule has 0 saturated heterocycles. The van der Waals surface area contributed by atoms with Crippen molar-refractivity contribution >= 4 is 11.8 Å². The number of rotatable bonds is 4. The molecule has 1 N–H and O–H groups in total. The molecule has 20 heavy (non-hydrogen) atoms. The molecular formula is C15H18F2N2S. The molecule has 1 aliphatic rings. The topological polar surface area (TPSA) is 35.8 Å². The second-order valence-corrected chi connectivity index (χ2v) is 6.15. The summed E-state index contributed by atoms with van der Waals surface area (Å²) in [5, 5.41) is 12.5. The van der Waals surface area contributed by atoms with E-state index in [9.17, 15) is 8.78 Å². The van der Waals surface area contributed by atoms with Gasteiger partial charge in [-0.25, -0.2) is 8.78 Å². The molecule has 1 fully saturated rings. The zero-order chi connectivity index (χ0) is 14.5. The Balaban J connectivity index is 2.05. The predicted molar refractivity (Wildman–Crippen MR) is 77.5 cm³/mol. The molecule has 0 amide bonds. The van der Waals surface area contributed by atoms with Crippen molar-refractivity contribution in [1.82, 2.24) is 5.32 Å². The van der Waals surface area contributed by atoms with E-state index in [1.165, 1.54) is 6.42 Å². The van der Waals surface area contributed by atoms with Crippen LogP contribution in [-0.4, -0.2) is 17.5 Å². The molecule has 1 aromatic carbocycles. The molecule has 1 aromatic rings. The first kappa shape index (κ1) is 15.3. The van der Waals surface area contributed by atoms with Crippen LogP contribution < -0.4 is 5.32 Å². The molecule has 5 heteroatoms. The second-order valence-electron chi connectivity index (χ2n) is 5.08. The Bertz CT molecular complexity index is 490. The molecule has 2 atom stereocenters. The maximum Gasteiger partial charge on any atom is 0.131 e. The second kappa shape index (κ2) is 7.05. The third-order valence-corrected chi connectivity index (χ3v) is 4.99. The lowest BCUT2D eigenvalue weighted by Crippen LogP contribution is -2.40. The van der Waals surface area contributed by atoms with Gasteiger partial charge >= 0.3 is 0 Å². The van der Waals surface area contributed by atoms with E-state index in [0.717, 1.165) is 31.4 Å². The van der Waals surface area contributed by atoms with Gasteiger partial charge in [-0.05, 0) is 31.2 Å². The number of nitrogens with one attached hydrogen (secondary N) is 1. The lowest BCUT2D eigenvalue weighted by atomic mass is 9.94. The van der Waals surface area contributed by atoms with Crippen LogP contribution in [0.25, 0.3) is 0 Å². The van der Waals surface area contributed by atoms with E-state index >= 15 is 0 Å². The molecule has 0 aromatic heterocycles. The Kier molecular flexibility index (Phi) is 5.38. The van der Waals surface area contributed by atoms with Crippen LogP contribution in [0, 0.1) is 23.0 Å². The summed E-state index contributed by atoms with van der Waals surface area (Å²) in [6.07, 6.45) is 6.66. The fourth-order valence-electron chi connectivity index (χ4n) is 2.68. The van der Waals surface area contributed by atoms with Gasteiger partial charge in [0.2, 0.25) is 0 Å². The molecular weight excluding hydrogens is 278 g/mol. The average Bonchev–Trinajstić information content (AvgIpc) is 2.46. The minimum atomic E-state index is -0.648. The summed E-state index contributed by atoms with van der Waals surface area (Å²) < 4.78 is 27.6. The molecule has 2 unspecified atom stereocenters. The first-order valence-electron chi connectivity index (χ1n) is 6.80. The number of hydrogen-bond acceptors (Lipinski definition) is 3. The van der Waals surface area contributed by atoms with E-state index < -0.39 is 11.6 Å². The van der Waals surface area contributed by atoms with Gasteiger partial charge in [-0.15, -0.1) is 0 Å². The Morgan fingerprint density at radius 2 is 1.95 bits per heavy atom. The third kappa shape index (κ3) is 3.50. The number of nitriles is 1. The summed E-state index contributed by atoms with van der Waals surface area (Å²) >= 11 is 1.81. The fraction of sp³-hybridized carbons (Fsp3) is 0.533.